The molecule has 0 fully saturated rings. The van der Waals surface area contributed by atoms with E-state index >= 15 is 0 Å². The first-order valence-corrected chi connectivity index (χ1v) is 5.21. The van der Waals surface area contributed by atoms with Crippen molar-refractivity contribution in [2.45, 2.75) is 6.42 Å². The van der Waals surface area contributed by atoms with E-state index in [0.29, 0.717) is 18.8 Å². The quantitative estimate of drug-likeness (QED) is 0.801. The second-order valence-electron chi connectivity index (χ2n) is 3.58. The number of phenolic OH excluding ortho intramolecular Hbond substituents is 1. The summed E-state index contributed by atoms with van der Waals surface area (Å²) in [5.41, 5.74) is 0. The summed E-state index contributed by atoms with van der Waals surface area (Å²) in [6, 6.07) is 10.8. The highest BCUT2D eigenvalue weighted by molar-refractivity contribution is 5.85. The zero-order valence-corrected chi connectivity index (χ0v) is 8.82. The van der Waals surface area contributed by atoms with Crippen LogP contribution < -0.4 is 4.74 Å². The standard InChI is InChI=1S/C13H13FO2/c14-6-1-7-16-13-5-3-10-2-4-12(15)8-11(10)9-13/h2-5,8-9,15H,1,6-7H2. The van der Waals surface area contributed by atoms with Crippen LogP contribution in [0.25, 0.3) is 10.8 Å². The molecule has 0 aliphatic carbocycles. The Hall–Kier alpha value is -1.77. The number of rotatable bonds is 4. The fraction of sp³-hybridized carbons (Fsp3) is 0.231. The normalized spacial score (nSPS) is 10.6. The van der Waals surface area contributed by atoms with E-state index in [1.807, 2.05) is 24.3 Å². The van der Waals surface area contributed by atoms with Crippen molar-refractivity contribution in [3.63, 3.8) is 0 Å². The highest BCUT2D eigenvalue weighted by atomic mass is 19.1. The molecule has 0 bridgehead atoms. The number of alkyl halides is 1. The van der Waals surface area contributed by atoms with Gasteiger partial charge in [0.1, 0.15) is 11.5 Å². The Morgan fingerprint density at radius 1 is 1.06 bits per heavy atom. The molecule has 0 radical (unpaired) electrons. The van der Waals surface area contributed by atoms with Crippen LogP contribution in [0.15, 0.2) is 36.4 Å². The molecule has 2 aromatic rings. The lowest BCUT2D eigenvalue weighted by Gasteiger charge is -2.06. The number of aromatic hydroxyl groups is 1. The van der Waals surface area contributed by atoms with E-state index in [4.69, 9.17) is 4.74 Å². The van der Waals surface area contributed by atoms with Crippen molar-refractivity contribution < 1.29 is 14.2 Å². The maximum absolute atomic E-state index is 11.9. The third-order valence-corrected chi connectivity index (χ3v) is 2.34. The number of phenols is 1. The van der Waals surface area contributed by atoms with Crippen LogP contribution in [-0.4, -0.2) is 18.4 Å². The highest BCUT2D eigenvalue weighted by Crippen LogP contribution is 2.24. The number of halogens is 1. The van der Waals surface area contributed by atoms with Crippen LogP contribution in [0.5, 0.6) is 11.5 Å². The lowest BCUT2D eigenvalue weighted by Crippen LogP contribution is -1.97. The van der Waals surface area contributed by atoms with Crippen LogP contribution in [0.4, 0.5) is 4.39 Å². The second kappa shape index (κ2) is 4.84. The molecule has 16 heavy (non-hydrogen) atoms. The molecule has 0 spiro atoms. The van der Waals surface area contributed by atoms with E-state index < -0.39 is 0 Å². The summed E-state index contributed by atoms with van der Waals surface area (Å²) in [4.78, 5) is 0. The first-order chi connectivity index (χ1) is 7.79. The predicted molar refractivity (Wildman–Crippen MR) is 61.7 cm³/mol. The Labute approximate surface area is 93.3 Å². The van der Waals surface area contributed by atoms with Gasteiger partial charge in [0.25, 0.3) is 0 Å². The minimum absolute atomic E-state index is 0.230. The van der Waals surface area contributed by atoms with Gasteiger partial charge in [-0.3, -0.25) is 4.39 Å². The number of benzene rings is 2. The summed E-state index contributed by atoms with van der Waals surface area (Å²) in [6.45, 7) is 0.00912. The Bertz CT molecular complexity index is 482. The molecule has 0 saturated carbocycles. The predicted octanol–water partition coefficient (Wildman–Crippen LogP) is 3.28. The SMILES string of the molecule is Oc1ccc2ccc(OCCCF)cc2c1. The third kappa shape index (κ3) is 2.42. The number of ether oxygens (including phenoxy) is 1. The molecule has 0 amide bonds. The maximum atomic E-state index is 11.9. The van der Waals surface area contributed by atoms with Gasteiger partial charge in [-0.2, -0.15) is 0 Å². The summed E-state index contributed by atoms with van der Waals surface area (Å²) in [5, 5.41) is 11.3. The minimum atomic E-state index is -0.367. The van der Waals surface area contributed by atoms with Gasteiger partial charge in [0, 0.05) is 6.42 Å². The smallest absolute Gasteiger partial charge is 0.119 e. The molecule has 1 N–H and O–H groups in total. The lowest BCUT2D eigenvalue weighted by atomic mass is 10.1. The zero-order chi connectivity index (χ0) is 11.4. The van der Waals surface area contributed by atoms with Crippen molar-refractivity contribution in [2.75, 3.05) is 13.3 Å². The van der Waals surface area contributed by atoms with Gasteiger partial charge in [0.05, 0.1) is 13.3 Å². The van der Waals surface area contributed by atoms with Crippen LogP contribution in [0.2, 0.25) is 0 Å². The first kappa shape index (κ1) is 10.7. The minimum Gasteiger partial charge on any atom is -0.508 e. The molecule has 0 aliphatic heterocycles. The Kier molecular flexibility index (Phi) is 3.25. The Morgan fingerprint density at radius 2 is 1.88 bits per heavy atom. The molecular formula is C13H13FO2. The van der Waals surface area contributed by atoms with Gasteiger partial charge in [-0.05, 0) is 35.0 Å². The summed E-state index contributed by atoms with van der Waals surface area (Å²) < 4.78 is 17.3. The summed E-state index contributed by atoms with van der Waals surface area (Å²) in [6.07, 6.45) is 0.401. The Morgan fingerprint density at radius 3 is 2.69 bits per heavy atom. The number of hydrogen-bond donors (Lipinski definition) is 1. The van der Waals surface area contributed by atoms with Crippen LogP contribution in [0.3, 0.4) is 0 Å². The van der Waals surface area contributed by atoms with Crippen LogP contribution in [0.1, 0.15) is 6.42 Å². The molecule has 0 heterocycles. The van der Waals surface area contributed by atoms with Crippen molar-refractivity contribution in [1.82, 2.24) is 0 Å². The average Bonchev–Trinajstić information content (AvgIpc) is 2.29. The molecule has 0 unspecified atom stereocenters. The average molecular weight is 220 g/mol. The molecule has 84 valence electrons. The fourth-order valence-corrected chi connectivity index (χ4v) is 1.55. The number of fused-ring (bicyclic) bond motifs is 1. The summed E-state index contributed by atoms with van der Waals surface area (Å²) in [7, 11) is 0. The second-order valence-corrected chi connectivity index (χ2v) is 3.58. The van der Waals surface area contributed by atoms with Crippen molar-refractivity contribution in [1.29, 1.82) is 0 Å². The van der Waals surface area contributed by atoms with Crippen molar-refractivity contribution in [2.24, 2.45) is 0 Å². The molecule has 0 aromatic heterocycles. The molecule has 3 heteroatoms. The third-order valence-electron chi connectivity index (χ3n) is 2.34. The van der Waals surface area contributed by atoms with E-state index in [-0.39, 0.29) is 12.4 Å². The van der Waals surface area contributed by atoms with Crippen LogP contribution in [-0.2, 0) is 0 Å². The molecule has 2 nitrogen and oxygen atoms in total. The van der Waals surface area contributed by atoms with Crippen LogP contribution in [0, 0.1) is 0 Å². The van der Waals surface area contributed by atoms with E-state index in [1.54, 1.807) is 12.1 Å². The van der Waals surface area contributed by atoms with Crippen molar-refractivity contribution in [3.8, 4) is 11.5 Å². The van der Waals surface area contributed by atoms with Gasteiger partial charge >= 0.3 is 0 Å². The summed E-state index contributed by atoms with van der Waals surface area (Å²) in [5.74, 6) is 0.931. The number of hydrogen-bond acceptors (Lipinski definition) is 2. The molecule has 2 aromatic carbocycles. The van der Waals surface area contributed by atoms with E-state index in [1.165, 1.54) is 0 Å². The van der Waals surface area contributed by atoms with Gasteiger partial charge in [-0.25, -0.2) is 0 Å². The first-order valence-electron chi connectivity index (χ1n) is 5.21. The van der Waals surface area contributed by atoms with Gasteiger partial charge in [-0.15, -0.1) is 0 Å². The molecule has 0 atom stereocenters. The lowest BCUT2D eigenvalue weighted by molar-refractivity contribution is 0.290. The van der Waals surface area contributed by atoms with E-state index in [2.05, 4.69) is 0 Å². The molecule has 0 aliphatic rings. The molecule has 2 rings (SSSR count). The monoisotopic (exact) mass is 220 g/mol. The van der Waals surface area contributed by atoms with Crippen molar-refractivity contribution >= 4 is 10.8 Å². The van der Waals surface area contributed by atoms with Gasteiger partial charge in [0.15, 0.2) is 0 Å². The molecular weight excluding hydrogens is 207 g/mol. The van der Waals surface area contributed by atoms with Gasteiger partial charge in [-0.1, -0.05) is 12.1 Å². The molecule has 0 saturated heterocycles. The fourth-order valence-electron chi connectivity index (χ4n) is 1.55. The maximum Gasteiger partial charge on any atom is 0.119 e. The topological polar surface area (TPSA) is 29.5 Å². The van der Waals surface area contributed by atoms with Crippen molar-refractivity contribution in [3.05, 3.63) is 36.4 Å². The zero-order valence-electron chi connectivity index (χ0n) is 8.82. The summed E-state index contributed by atoms with van der Waals surface area (Å²) >= 11 is 0. The van der Waals surface area contributed by atoms with E-state index in [0.717, 1.165) is 10.8 Å². The van der Waals surface area contributed by atoms with Gasteiger partial charge < -0.3 is 9.84 Å². The van der Waals surface area contributed by atoms with Gasteiger partial charge in [0.2, 0.25) is 0 Å². The van der Waals surface area contributed by atoms with E-state index in [9.17, 15) is 9.50 Å². The largest absolute Gasteiger partial charge is 0.508 e. The van der Waals surface area contributed by atoms with Crippen LogP contribution >= 0.6 is 0 Å². The highest BCUT2D eigenvalue weighted by Gasteiger charge is 1.98. The Balaban J connectivity index is 2.21.